The number of carbonyl (C=O) groups excluding carboxylic acids is 2. The average Bonchev–Trinajstić information content (AvgIpc) is 2.38. The molecule has 0 aliphatic carbocycles. The molecule has 0 saturated heterocycles. The number of pyridine rings is 1. The van der Waals surface area contributed by atoms with E-state index in [-0.39, 0.29) is 11.6 Å². The van der Waals surface area contributed by atoms with Gasteiger partial charge in [-0.3, -0.25) is 9.78 Å². The minimum Gasteiger partial charge on any atom is -0.467 e. The number of ether oxygens (including phenoxy) is 1. The molecule has 17 heavy (non-hydrogen) atoms. The maximum Gasteiger partial charge on any atom is 0.329 e. The number of nitrogens with one attached hydrogen (secondary N) is 1. The third-order valence-corrected chi connectivity index (χ3v) is 2.69. The van der Waals surface area contributed by atoms with E-state index in [0.29, 0.717) is 5.75 Å². The van der Waals surface area contributed by atoms with Crippen LogP contribution in [0.4, 0.5) is 0 Å². The first-order valence-electron chi connectivity index (χ1n) is 4.97. The monoisotopic (exact) mass is 254 g/mol. The van der Waals surface area contributed by atoms with Gasteiger partial charge >= 0.3 is 5.97 Å². The SMILES string of the molecule is COC(=O)[C@H](CSC)NC(=O)c1ccccn1. The average molecular weight is 254 g/mol. The molecule has 5 nitrogen and oxygen atoms in total. The zero-order chi connectivity index (χ0) is 12.7. The summed E-state index contributed by atoms with van der Waals surface area (Å²) in [6.45, 7) is 0. The van der Waals surface area contributed by atoms with Crippen molar-refractivity contribution in [3.63, 3.8) is 0 Å². The highest BCUT2D eigenvalue weighted by molar-refractivity contribution is 7.98. The van der Waals surface area contributed by atoms with Crippen molar-refractivity contribution >= 4 is 23.6 Å². The second kappa shape index (κ2) is 6.90. The predicted octanol–water partition coefficient (Wildman–Crippen LogP) is 0.716. The Hall–Kier alpha value is -1.56. The standard InChI is InChI=1S/C11H14N2O3S/c1-16-11(15)9(7-17-2)13-10(14)8-5-3-4-6-12-8/h3-6,9H,7H2,1-2H3,(H,13,14)/t9-/m0/s1. The highest BCUT2D eigenvalue weighted by Gasteiger charge is 2.21. The Kier molecular flexibility index (Phi) is 5.48. The van der Waals surface area contributed by atoms with E-state index >= 15 is 0 Å². The zero-order valence-corrected chi connectivity index (χ0v) is 10.5. The Bertz CT molecular complexity index is 384. The van der Waals surface area contributed by atoms with Gasteiger partial charge in [0.25, 0.3) is 5.91 Å². The molecule has 1 aromatic heterocycles. The van der Waals surface area contributed by atoms with Crippen molar-refractivity contribution in [3.05, 3.63) is 30.1 Å². The lowest BCUT2D eigenvalue weighted by atomic mass is 10.3. The summed E-state index contributed by atoms with van der Waals surface area (Å²) in [5.74, 6) is -0.371. The summed E-state index contributed by atoms with van der Waals surface area (Å²) in [7, 11) is 1.29. The van der Waals surface area contributed by atoms with Gasteiger partial charge in [0.2, 0.25) is 0 Å². The largest absolute Gasteiger partial charge is 0.467 e. The van der Waals surface area contributed by atoms with E-state index in [2.05, 4.69) is 15.0 Å². The van der Waals surface area contributed by atoms with Crippen molar-refractivity contribution in [1.82, 2.24) is 10.3 Å². The molecule has 0 radical (unpaired) electrons. The van der Waals surface area contributed by atoms with E-state index in [4.69, 9.17) is 0 Å². The first-order chi connectivity index (χ1) is 8.19. The smallest absolute Gasteiger partial charge is 0.329 e. The first kappa shape index (κ1) is 13.5. The van der Waals surface area contributed by atoms with Gasteiger partial charge < -0.3 is 10.1 Å². The van der Waals surface area contributed by atoms with E-state index in [1.165, 1.54) is 25.1 Å². The summed E-state index contributed by atoms with van der Waals surface area (Å²) in [4.78, 5) is 27.1. The molecule has 1 heterocycles. The van der Waals surface area contributed by atoms with Crippen LogP contribution >= 0.6 is 11.8 Å². The maximum atomic E-state index is 11.8. The summed E-state index contributed by atoms with van der Waals surface area (Å²) in [6.07, 6.45) is 3.37. The Labute approximate surface area is 104 Å². The Morgan fingerprint density at radius 1 is 1.53 bits per heavy atom. The highest BCUT2D eigenvalue weighted by Crippen LogP contribution is 2.01. The Balaban J connectivity index is 2.67. The van der Waals surface area contributed by atoms with Gasteiger partial charge in [0.05, 0.1) is 7.11 Å². The molecule has 0 saturated carbocycles. The minimum absolute atomic E-state index is 0.280. The molecule has 1 N–H and O–H groups in total. The topological polar surface area (TPSA) is 68.3 Å². The number of rotatable bonds is 5. The first-order valence-corrected chi connectivity index (χ1v) is 6.37. The molecule has 92 valence electrons. The molecule has 1 aromatic rings. The van der Waals surface area contributed by atoms with Crippen LogP contribution < -0.4 is 5.32 Å². The van der Waals surface area contributed by atoms with Crippen LogP contribution in [0.1, 0.15) is 10.5 Å². The van der Waals surface area contributed by atoms with E-state index in [1.807, 2.05) is 6.26 Å². The molecule has 1 rings (SSSR count). The van der Waals surface area contributed by atoms with Crippen LogP contribution in [0.15, 0.2) is 24.4 Å². The lowest BCUT2D eigenvalue weighted by molar-refractivity contribution is -0.142. The van der Waals surface area contributed by atoms with Gasteiger partial charge in [0, 0.05) is 11.9 Å². The lowest BCUT2D eigenvalue weighted by Gasteiger charge is -2.14. The fraction of sp³-hybridized carbons (Fsp3) is 0.364. The quantitative estimate of drug-likeness (QED) is 0.784. The van der Waals surface area contributed by atoms with Crippen LogP contribution in [0.3, 0.4) is 0 Å². The summed E-state index contributed by atoms with van der Waals surface area (Å²) in [5.41, 5.74) is 0.280. The molecule has 0 spiro atoms. The van der Waals surface area contributed by atoms with Crippen LogP contribution in [0.2, 0.25) is 0 Å². The van der Waals surface area contributed by atoms with Crippen LogP contribution in [-0.4, -0.2) is 42.0 Å². The van der Waals surface area contributed by atoms with Crippen molar-refractivity contribution in [2.75, 3.05) is 19.1 Å². The van der Waals surface area contributed by atoms with E-state index < -0.39 is 12.0 Å². The van der Waals surface area contributed by atoms with Gasteiger partial charge in [-0.15, -0.1) is 0 Å². The number of hydrogen-bond donors (Lipinski definition) is 1. The van der Waals surface area contributed by atoms with Crippen molar-refractivity contribution < 1.29 is 14.3 Å². The van der Waals surface area contributed by atoms with Crippen molar-refractivity contribution in [2.24, 2.45) is 0 Å². The Morgan fingerprint density at radius 2 is 2.29 bits per heavy atom. The number of hydrogen-bond acceptors (Lipinski definition) is 5. The molecule has 0 bridgehead atoms. The van der Waals surface area contributed by atoms with Crippen LogP contribution in [-0.2, 0) is 9.53 Å². The molecule has 0 aliphatic rings. The minimum atomic E-state index is -0.649. The van der Waals surface area contributed by atoms with E-state index in [9.17, 15) is 9.59 Å². The number of carbonyl (C=O) groups is 2. The van der Waals surface area contributed by atoms with Crippen LogP contribution in [0.25, 0.3) is 0 Å². The predicted molar refractivity (Wildman–Crippen MR) is 65.9 cm³/mol. The summed E-state index contributed by atoms with van der Waals surface area (Å²) >= 11 is 1.45. The molecule has 0 aromatic carbocycles. The lowest BCUT2D eigenvalue weighted by Crippen LogP contribution is -2.43. The van der Waals surface area contributed by atoms with Gasteiger partial charge in [-0.05, 0) is 18.4 Å². The number of nitrogens with zero attached hydrogens (tertiary/aromatic N) is 1. The molecule has 6 heteroatoms. The molecule has 0 fully saturated rings. The molecule has 1 atom stereocenters. The molecule has 1 amide bonds. The van der Waals surface area contributed by atoms with Gasteiger partial charge in [0.1, 0.15) is 11.7 Å². The van der Waals surface area contributed by atoms with Crippen molar-refractivity contribution in [2.45, 2.75) is 6.04 Å². The van der Waals surface area contributed by atoms with Gasteiger partial charge in [0.15, 0.2) is 0 Å². The van der Waals surface area contributed by atoms with Gasteiger partial charge in [-0.1, -0.05) is 6.07 Å². The van der Waals surface area contributed by atoms with Gasteiger partial charge in [-0.2, -0.15) is 11.8 Å². The third-order valence-electron chi connectivity index (χ3n) is 2.02. The number of methoxy groups -OCH3 is 1. The van der Waals surface area contributed by atoms with Gasteiger partial charge in [-0.25, -0.2) is 4.79 Å². The maximum absolute atomic E-state index is 11.8. The fourth-order valence-electron chi connectivity index (χ4n) is 1.21. The fourth-order valence-corrected chi connectivity index (χ4v) is 1.76. The molecular formula is C11H14N2O3S. The number of amides is 1. The molecule has 0 aliphatic heterocycles. The Morgan fingerprint density at radius 3 is 2.82 bits per heavy atom. The molecular weight excluding hydrogens is 240 g/mol. The van der Waals surface area contributed by atoms with Crippen LogP contribution in [0.5, 0.6) is 0 Å². The van der Waals surface area contributed by atoms with Crippen LogP contribution in [0, 0.1) is 0 Å². The highest BCUT2D eigenvalue weighted by atomic mass is 32.2. The third kappa shape index (κ3) is 4.07. The second-order valence-corrected chi connectivity index (χ2v) is 4.13. The summed E-state index contributed by atoms with van der Waals surface area (Å²) < 4.78 is 4.61. The normalized spacial score (nSPS) is 11.6. The van der Waals surface area contributed by atoms with E-state index in [0.717, 1.165) is 0 Å². The number of aromatic nitrogens is 1. The van der Waals surface area contributed by atoms with E-state index in [1.54, 1.807) is 18.2 Å². The van der Waals surface area contributed by atoms with Crippen molar-refractivity contribution in [3.8, 4) is 0 Å². The molecule has 0 unspecified atom stereocenters. The zero-order valence-electron chi connectivity index (χ0n) is 9.67. The number of thioether (sulfide) groups is 1. The number of esters is 1. The summed E-state index contributed by atoms with van der Waals surface area (Å²) in [5, 5.41) is 2.59. The van der Waals surface area contributed by atoms with Crippen molar-refractivity contribution in [1.29, 1.82) is 0 Å². The summed E-state index contributed by atoms with van der Waals surface area (Å²) in [6, 6.07) is 4.37. The second-order valence-electron chi connectivity index (χ2n) is 3.22.